The highest BCUT2D eigenvalue weighted by Crippen LogP contribution is 2.15. The summed E-state index contributed by atoms with van der Waals surface area (Å²) in [5.74, 6) is -0.599. The Kier molecular flexibility index (Phi) is 5.02. The molecule has 1 aliphatic heterocycles. The smallest absolute Gasteiger partial charge is 0.336 e. The molecule has 0 bridgehead atoms. The second kappa shape index (κ2) is 5.91. The van der Waals surface area contributed by atoms with Gasteiger partial charge in [0.1, 0.15) is 5.25 Å². The fraction of sp³-hybridized carbons (Fsp3) is 0.778. The first-order chi connectivity index (χ1) is 8.30. The van der Waals surface area contributed by atoms with Gasteiger partial charge in [-0.1, -0.05) is 12.2 Å². The van der Waals surface area contributed by atoms with E-state index in [1.54, 1.807) is 0 Å². The maximum absolute atomic E-state index is 12.1. The Morgan fingerprint density at radius 1 is 1.61 bits per heavy atom. The number of nitrogens with two attached hydrogens (primary N) is 1. The Hall–Kier alpha value is -0.770. The molecule has 104 valence electrons. The number of hydrogen-bond donors (Lipinski definition) is 1. The summed E-state index contributed by atoms with van der Waals surface area (Å²) in [6.45, 7) is 1.63. The molecule has 2 unspecified atom stereocenters. The second-order valence-corrected chi connectivity index (χ2v) is 6.56. The molecule has 9 heteroatoms. The molecule has 1 rings (SSSR count). The third-order valence-electron chi connectivity index (χ3n) is 2.70. The quantitative estimate of drug-likeness (QED) is 0.517. The highest BCUT2D eigenvalue weighted by molar-refractivity contribution is 7.92. The van der Waals surface area contributed by atoms with Crippen LogP contribution in [0.5, 0.6) is 0 Å². The molecule has 1 aliphatic rings. The van der Waals surface area contributed by atoms with Crippen LogP contribution in [-0.4, -0.2) is 61.8 Å². The molecule has 0 spiro atoms. The molecule has 1 fully saturated rings. The van der Waals surface area contributed by atoms with Gasteiger partial charge in [0.25, 0.3) is 0 Å². The predicted octanol–water partition coefficient (Wildman–Crippen LogP) is -1.14. The zero-order valence-electron chi connectivity index (χ0n) is 10.2. The number of morpholine rings is 1. The first-order valence-corrected chi connectivity index (χ1v) is 7.19. The molecule has 2 N–H and O–H groups in total. The molecule has 18 heavy (non-hydrogen) atoms. The van der Waals surface area contributed by atoms with E-state index in [1.807, 2.05) is 0 Å². The van der Waals surface area contributed by atoms with Crippen LogP contribution in [0.4, 0.5) is 0 Å². The second-order valence-electron chi connectivity index (χ2n) is 3.83. The summed E-state index contributed by atoms with van der Waals surface area (Å²) in [5, 5.41) is -0.969. The summed E-state index contributed by atoms with van der Waals surface area (Å²) in [7, 11) is -2.44. The summed E-state index contributed by atoms with van der Waals surface area (Å²) < 4.78 is 35.1. The molecule has 0 aromatic rings. The van der Waals surface area contributed by atoms with Gasteiger partial charge in [0.2, 0.25) is 10.0 Å². The number of esters is 1. The van der Waals surface area contributed by atoms with Crippen LogP contribution in [0.2, 0.25) is 0 Å². The first-order valence-electron chi connectivity index (χ1n) is 5.28. The minimum atomic E-state index is -3.66. The summed E-state index contributed by atoms with van der Waals surface area (Å²) >= 11 is 4.69. The van der Waals surface area contributed by atoms with Crippen molar-refractivity contribution in [1.29, 1.82) is 0 Å². The Labute approximate surface area is 111 Å². The van der Waals surface area contributed by atoms with Gasteiger partial charge in [0.05, 0.1) is 25.2 Å². The maximum atomic E-state index is 12.1. The lowest BCUT2D eigenvalue weighted by molar-refractivity contribution is -0.157. The van der Waals surface area contributed by atoms with E-state index in [2.05, 4.69) is 17.0 Å². The fourth-order valence-electron chi connectivity index (χ4n) is 1.50. The van der Waals surface area contributed by atoms with Crippen molar-refractivity contribution in [2.75, 3.05) is 26.8 Å². The number of carbonyl (C=O) groups excluding carboxylic acids is 1. The molecule has 0 aliphatic carbocycles. The van der Waals surface area contributed by atoms with Gasteiger partial charge in [-0.2, -0.15) is 4.31 Å². The Bertz CT molecular complexity index is 436. The van der Waals surface area contributed by atoms with Crippen molar-refractivity contribution >= 4 is 33.2 Å². The van der Waals surface area contributed by atoms with E-state index in [1.165, 1.54) is 14.0 Å². The number of carbonyl (C=O) groups is 1. The Morgan fingerprint density at radius 2 is 2.22 bits per heavy atom. The van der Waals surface area contributed by atoms with Gasteiger partial charge in [0.15, 0.2) is 6.10 Å². The summed E-state index contributed by atoms with van der Waals surface area (Å²) in [6, 6.07) is 0. The van der Waals surface area contributed by atoms with E-state index in [-0.39, 0.29) is 24.7 Å². The van der Waals surface area contributed by atoms with Gasteiger partial charge < -0.3 is 15.2 Å². The Balaban J connectivity index is 2.84. The molecule has 0 amide bonds. The zero-order valence-corrected chi connectivity index (χ0v) is 11.8. The largest absolute Gasteiger partial charge is 0.467 e. The van der Waals surface area contributed by atoms with Gasteiger partial charge in [0, 0.05) is 6.54 Å². The van der Waals surface area contributed by atoms with E-state index in [4.69, 9.17) is 10.5 Å². The van der Waals surface area contributed by atoms with Crippen LogP contribution >= 0.6 is 12.2 Å². The van der Waals surface area contributed by atoms with Crippen LogP contribution in [0.1, 0.15) is 6.92 Å². The van der Waals surface area contributed by atoms with Crippen molar-refractivity contribution in [3.05, 3.63) is 0 Å². The van der Waals surface area contributed by atoms with Crippen LogP contribution in [0.3, 0.4) is 0 Å². The molecular weight excluding hydrogens is 280 g/mol. The molecule has 0 radical (unpaired) electrons. The van der Waals surface area contributed by atoms with Gasteiger partial charge in [-0.15, -0.1) is 0 Å². The first kappa shape index (κ1) is 15.3. The van der Waals surface area contributed by atoms with Gasteiger partial charge >= 0.3 is 5.97 Å². The van der Waals surface area contributed by atoms with Crippen LogP contribution in [0.25, 0.3) is 0 Å². The average molecular weight is 296 g/mol. The molecule has 0 aromatic heterocycles. The normalized spacial score (nSPS) is 23.3. The molecule has 1 heterocycles. The predicted molar refractivity (Wildman–Crippen MR) is 68.5 cm³/mol. The van der Waals surface area contributed by atoms with Crippen molar-refractivity contribution in [1.82, 2.24) is 4.31 Å². The Morgan fingerprint density at radius 3 is 2.72 bits per heavy atom. The monoisotopic (exact) mass is 296 g/mol. The van der Waals surface area contributed by atoms with Gasteiger partial charge in [-0.25, -0.2) is 13.2 Å². The van der Waals surface area contributed by atoms with Crippen molar-refractivity contribution in [3.8, 4) is 0 Å². The number of sulfonamides is 1. The molecule has 2 atom stereocenters. The highest BCUT2D eigenvalue weighted by Gasteiger charge is 2.37. The third-order valence-corrected chi connectivity index (χ3v) is 5.40. The van der Waals surface area contributed by atoms with Gasteiger partial charge in [-0.05, 0) is 6.92 Å². The number of methoxy groups -OCH3 is 1. The highest BCUT2D eigenvalue weighted by atomic mass is 32.2. The van der Waals surface area contributed by atoms with Crippen molar-refractivity contribution in [3.63, 3.8) is 0 Å². The van der Waals surface area contributed by atoms with Gasteiger partial charge in [-0.3, -0.25) is 0 Å². The van der Waals surface area contributed by atoms with Crippen LogP contribution in [0.15, 0.2) is 0 Å². The molecule has 1 saturated heterocycles. The molecule has 0 saturated carbocycles. The minimum absolute atomic E-state index is 0.0814. The standard InChI is InChI=1S/C9H16N2O5S2/c1-6(8(10)17)18(13,14)11-3-4-16-7(5-11)9(12)15-2/h6-7H,3-5H2,1-2H3,(H2,10,17). The summed E-state index contributed by atoms with van der Waals surface area (Å²) in [4.78, 5) is 11.2. The number of rotatable bonds is 4. The SMILES string of the molecule is COC(=O)C1CN(S(=O)(=O)C(C)C(N)=S)CCO1. The average Bonchev–Trinajstić information content (AvgIpc) is 2.36. The maximum Gasteiger partial charge on any atom is 0.336 e. The van der Waals surface area contributed by atoms with E-state index in [0.29, 0.717) is 0 Å². The van der Waals surface area contributed by atoms with E-state index < -0.39 is 27.3 Å². The van der Waals surface area contributed by atoms with E-state index >= 15 is 0 Å². The number of thiocarbonyl (C=S) groups is 1. The minimum Gasteiger partial charge on any atom is -0.467 e. The van der Waals surface area contributed by atoms with E-state index in [0.717, 1.165) is 4.31 Å². The van der Waals surface area contributed by atoms with Crippen molar-refractivity contribution < 1.29 is 22.7 Å². The molecule has 0 aromatic carbocycles. The fourth-order valence-corrected chi connectivity index (χ4v) is 3.28. The lowest BCUT2D eigenvalue weighted by Gasteiger charge is -2.32. The van der Waals surface area contributed by atoms with Crippen molar-refractivity contribution in [2.45, 2.75) is 18.3 Å². The number of ether oxygens (including phenoxy) is 2. The van der Waals surface area contributed by atoms with Crippen LogP contribution in [-0.2, 0) is 24.3 Å². The van der Waals surface area contributed by atoms with Crippen molar-refractivity contribution in [2.24, 2.45) is 5.73 Å². The summed E-state index contributed by atoms with van der Waals surface area (Å²) in [5.41, 5.74) is 5.35. The zero-order chi connectivity index (χ0) is 13.9. The number of hydrogen-bond acceptors (Lipinski definition) is 6. The topological polar surface area (TPSA) is 98.9 Å². The lowest BCUT2D eigenvalue weighted by atomic mass is 10.3. The molecule has 7 nitrogen and oxygen atoms in total. The lowest BCUT2D eigenvalue weighted by Crippen LogP contribution is -2.52. The van der Waals surface area contributed by atoms with Crippen LogP contribution in [0, 0.1) is 0 Å². The van der Waals surface area contributed by atoms with Crippen LogP contribution < -0.4 is 5.73 Å². The summed E-state index contributed by atoms with van der Waals surface area (Å²) in [6.07, 6.45) is -0.905. The third kappa shape index (κ3) is 3.16. The number of nitrogens with zero attached hydrogens (tertiary/aromatic N) is 1. The van der Waals surface area contributed by atoms with E-state index in [9.17, 15) is 13.2 Å². The molecular formula is C9H16N2O5S2.